The second kappa shape index (κ2) is 7.77. The number of pyridine rings is 1. The Balaban J connectivity index is 1.72. The van der Waals surface area contributed by atoms with Crippen molar-refractivity contribution in [3.63, 3.8) is 0 Å². The Morgan fingerprint density at radius 2 is 1.92 bits per heavy atom. The van der Waals surface area contributed by atoms with Gasteiger partial charge in [0.2, 0.25) is 0 Å². The maximum atomic E-state index is 9.49. The van der Waals surface area contributed by atoms with Gasteiger partial charge >= 0.3 is 0 Å². The van der Waals surface area contributed by atoms with E-state index in [-0.39, 0.29) is 6.61 Å². The highest BCUT2D eigenvalue weighted by molar-refractivity contribution is 5.45. The third kappa shape index (κ3) is 3.94. The number of hydrogen-bond acceptors (Lipinski definition) is 4. The number of hydrogen-bond donors (Lipinski definition) is 1. The second-order valence-corrected chi connectivity index (χ2v) is 6.71. The highest BCUT2D eigenvalue weighted by Crippen LogP contribution is 2.23. The fraction of sp³-hybridized carbons (Fsp3) is 0.450. The minimum absolute atomic E-state index is 0.213. The predicted octanol–water partition coefficient (Wildman–Crippen LogP) is 2.77. The molecule has 1 atom stereocenters. The Kier molecular flexibility index (Phi) is 5.48. The minimum atomic E-state index is 0.213. The largest absolute Gasteiger partial charge is 0.396 e. The van der Waals surface area contributed by atoms with Gasteiger partial charge in [-0.1, -0.05) is 30.3 Å². The number of aliphatic hydroxyl groups excluding tert-OH is 1. The molecular weight excluding hydrogens is 298 g/mol. The predicted molar refractivity (Wildman–Crippen MR) is 98.3 cm³/mol. The summed E-state index contributed by atoms with van der Waals surface area (Å²) in [7, 11) is 0. The molecule has 128 valence electrons. The van der Waals surface area contributed by atoms with E-state index < -0.39 is 0 Å². The zero-order valence-corrected chi connectivity index (χ0v) is 14.7. The molecule has 0 saturated carbocycles. The van der Waals surface area contributed by atoms with E-state index in [1.54, 1.807) is 0 Å². The molecule has 0 bridgehead atoms. The number of piperazine rings is 1. The highest BCUT2D eigenvalue weighted by Gasteiger charge is 2.27. The van der Waals surface area contributed by atoms with Gasteiger partial charge < -0.3 is 10.0 Å². The lowest BCUT2D eigenvalue weighted by Gasteiger charge is -2.42. The molecule has 1 aromatic heterocycles. The Hall–Kier alpha value is -1.91. The molecule has 24 heavy (non-hydrogen) atoms. The van der Waals surface area contributed by atoms with E-state index >= 15 is 0 Å². The molecule has 0 radical (unpaired) electrons. The second-order valence-electron chi connectivity index (χ2n) is 6.71. The van der Waals surface area contributed by atoms with Crippen LogP contribution in [0.4, 0.5) is 5.82 Å². The van der Waals surface area contributed by atoms with Gasteiger partial charge in [-0.15, -0.1) is 0 Å². The first-order valence-electron chi connectivity index (χ1n) is 8.74. The zero-order chi connectivity index (χ0) is 16.9. The summed E-state index contributed by atoms with van der Waals surface area (Å²) in [4.78, 5) is 9.47. The van der Waals surface area contributed by atoms with Crippen molar-refractivity contribution in [2.24, 2.45) is 0 Å². The molecule has 0 unspecified atom stereocenters. The molecule has 0 amide bonds. The Morgan fingerprint density at radius 3 is 2.62 bits per heavy atom. The number of rotatable bonds is 5. The first-order valence-corrected chi connectivity index (χ1v) is 8.74. The quantitative estimate of drug-likeness (QED) is 0.917. The standard InChI is InChI=1S/C20H27N3O/c1-16-12-20(21-13-17(16)2)23-10-9-22(15-19(23)8-11-24)14-18-6-4-3-5-7-18/h3-7,12-13,19,24H,8-11,14-15H2,1-2H3/t19-/m0/s1. The summed E-state index contributed by atoms with van der Waals surface area (Å²) in [5, 5.41) is 9.49. The molecule has 4 nitrogen and oxygen atoms in total. The molecule has 4 heteroatoms. The van der Waals surface area contributed by atoms with Crippen molar-refractivity contribution in [2.45, 2.75) is 32.9 Å². The monoisotopic (exact) mass is 325 g/mol. The van der Waals surface area contributed by atoms with E-state index in [0.717, 1.165) is 38.4 Å². The fourth-order valence-corrected chi connectivity index (χ4v) is 3.37. The van der Waals surface area contributed by atoms with E-state index in [4.69, 9.17) is 0 Å². The Labute approximate surface area is 144 Å². The summed E-state index contributed by atoms with van der Waals surface area (Å²) in [6.07, 6.45) is 2.73. The Morgan fingerprint density at radius 1 is 1.12 bits per heavy atom. The number of anilines is 1. The zero-order valence-electron chi connectivity index (χ0n) is 14.7. The van der Waals surface area contributed by atoms with Crippen LogP contribution in [0.3, 0.4) is 0 Å². The van der Waals surface area contributed by atoms with Gasteiger partial charge in [-0.3, -0.25) is 4.90 Å². The molecule has 0 spiro atoms. The van der Waals surface area contributed by atoms with Gasteiger partial charge in [-0.05, 0) is 43.0 Å². The fourth-order valence-electron chi connectivity index (χ4n) is 3.37. The van der Waals surface area contributed by atoms with E-state index in [1.165, 1.54) is 16.7 Å². The molecule has 3 rings (SSSR count). The normalized spacial score (nSPS) is 18.8. The van der Waals surface area contributed by atoms with Crippen LogP contribution in [-0.2, 0) is 6.54 Å². The Bertz CT molecular complexity index is 659. The van der Waals surface area contributed by atoms with Crippen LogP contribution in [0.1, 0.15) is 23.1 Å². The van der Waals surface area contributed by atoms with Crippen molar-refractivity contribution in [3.05, 3.63) is 59.3 Å². The lowest BCUT2D eigenvalue weighted by Crippen LogP contribution is -2.53. The van der Waals surface area contributed by atoms with Crippen LogP contribution in [-0.4, -0.2) is 47.3 Å². The van der Waals surface area contributed by atoms with Crippen LogP contribution < -0.4 is 4.90 Å². The van der Waals surface area contributed by atoms with Gasteiger partial charge in [0.1, 0.15) is 5.82 Å². The van der Waals surface area contributed by atoms with Gasteiger partial charge in [0.05, 0.1) is 0 Å². The summed E-state index contributed by atoms with van der Waals surface area (Å²) in [6.45, 7) is 8.34. The van der Waals surface area contributed by atoms with E-state index in [0.29, 0.717) is 6.04 Å². The van der Waals surface area contributed by atoms with Crippen molar-refractivity contribution < 1.29 is 5.11 Å². The molecule has 1 aliphatic heterocycles. The number of aryl methyl sites for hydroxylation is 2. The first-order chi connectivity index (χ1) is 11.7. The van der Waals surface area contributed by atoms with Crippen molar-refractivity contribution in [1.29, 1.82) is 0 Å². The molecule has 1 aliphatic rings. The summed E-state index contributed by atoms with van der Waals surface area (Å²) in [6, 6.07) is 13.1. The van der Waals surface area contributed by atoms with Crippen LogP contribution in [0.5, 0.6) is 0 Å². The van der Waals surface area contributed by atoms with Crippen LogP contribution in [0, 0.1) is 13.8 Å². The lowest BCUT2D eigenvalue weighted by atomic mass is 10.1. The van der Waals surface area contributed by atoms with Gasteiger partial charge in [0.25, 0.3) is 0 Å². The maximum absolute atomic E-state index is 9.49. The van der Waals surface area contributed by atoms with Crippen molar-refractivity contribution in [2.75, 3.05) is 31.1 Å². The molecule has 1 N–H and O–H groups in total. The SMILES string of the molecule is Cc1cnc(N2CCN(Cc3ccccc3)C[C@@H]2CCO)cc1C. The molecule has 1 saturated heterocycles. The van der Waals surface area contributed by atoms with Gasteiger partial charge in [0, 0.05) is 45.0 Å². The maximum Gasteiger partial charge on any atom is 0.129 e. The van der Waals surface area contributed by atoms with Crippen LogP contribution in [0.2, 0.25) is 0 Å². The van der Waals surface area contributed by atoms with E-state index in [1.807, 2.05) is 6.20 Å². The van der Waals surface area contributed by atoms with E-state index in [9.17, 15) is 5.11 Å². The van der Waals surface area contributed by atoms with Crippen LogP contribution in [0.15, 0.2) is 42.6 Å². The highest BCUT2D eigenvalue weighted by atomic mass is 16.3. The molecule has 2 heterocycles. The summed E-state index contributed by atoms with van der Waals surface area (Å²) in [5.74, 6) is 1.04. The molecule has 0 aliphatic carbocycles. The van der Waals surface area contributed by atoms with E-state index in [2.05, 4.69) is 65.0 Å². The number of nitrogens with zero attached hydrogens (tertiary/aromatic N) is 3. The average molecular weight is 325 g/mol. The van der Waals surface area contributed by atoms with Crippen molar-refractivity contribution >= 4 is 5.82 Å². The van der Waals surface area contributed by atoms with Crippen LogP contribution >= 0.6 is 0 Å². The number of benzene rings is 1. The van der Waals surface area contributed by atoms with Crippen molar-refractivity contribution in [1.82, 2.24) is 9.88 Å². The number of aromatic nitrogens is 1. The summed E-state index contributed by atoms with van der Waals surface area (Å²) < 4.78 is 0. The summed E-state index contributed by atoms with van der Waals surface area (Å²) >= 11 is 0. The molecule has 2 aromatic rings. The average Bonchev–Trinajstić information content (AvgIpc) is 2.59. The lowest BCUT2D eigenvalue weighted by molar-refractivity contribution is 0.188. The molecular formula is C20H27N3O. The summed E-state index contributed by atoms with van der Waals surface area (Å²) in [5.41, 5.74) is 3.84. The number of aliphatic hydroxyl groups is 1. The minimum Gasteiger partial charge on any atom is -0.396 e. The first kappa shape index (κ1) is 16.9. The third-order valence-corrected chi connectivity index (χ3v) is 4.93. The van der Waals surface area contributed by atoms with Gasteiger partial charge in [-0.25, -0.2) is 4.98 Å². The van der Waals surface area contributed by atoms with Gasteiger partial charge in [-0.2, -0.15) is 0 Å². The smallest absolute Gasteiger partial charge is 0.129 e. The van der Waals surface area contributed by atoms with Crippen molar-refractivity contribution in [3.8, 4) is 0 Å². The molecule has 1 fully saturated rings. The third-order valence-electron chi connectivity index (χ3n) is 4.93. The van der Waals surface area contributed by atoms with Gasteiger partial charge in [0.15, 0.2) is 0 Å². The topological polar surface area (TPSA) is 39.6 Å². The van der Waals surface area contributed by atoms with Crippen LogP contribution in [0.25, 0.3) is 0 Å². The molecule has 1 aromatic carbocycles.